The van der Waals surface area contributed by atoms with Gasteiger partial charge in [-0.25, -0.2) is 4.98 Å². The molecule has 0 atom stereocenters. The summed E-state index contributed by atoms with van der Waals surface area (Å²) in [6.07, 6.45) is 3.30. The zero-order valence-corrected chi connectivity index (χ0v) is 14.5. The van der Waals surface area contributed by atoms with Crippen LogP contribution in [0.5, 0.6) is 11.5 Å². The summed E-state index contributed by atoms with van der Waals surface area (Å²) in [5.41, 5.74) is 1.77. The molecule has 0 spiro atoms. The second-order valence-electron chi connectivity index (χ2n) is 5.00. The molecule has 2 aromatic rings. The third kappa shape index (κ3) is 4.56. The maximum atomic E-state index is 12.2. The highest BCUT2D eigenvalue weighted by atomic mass is 32.1. The second-order valence-corrected chi connectivity index (χ2v) is 6.06. The molecule has 1 heterocycles. The van der Waals surface area contributed by atoms with Crippen molar-refractivity contribution in [3.05, 3.63) is 45.9 Å². The van der Waals surface area contributed by atoms with Crippen LogP contribution in [0.2, 0.25) is 0 Å². The van der Waals surface area contributed by atoms with Gasteiger partial charge in [-0.3, -0.25) is 4.79 Å². The summed E-state index contributed by atoms with van der Waals surface area (Å²) in [5, 5.41) is 2.97. The van der Waals surface area contributed by atoms with Crippen LogP contribution in [-0.4, -0.2) is 37.1 Å². The van der Waals surface area contributed by atoms with Crippen molar-refractivity contribution in [2.75, 3.05) is 21.3 Å². The van der Waals surface area contributed by atoms with Gasteiger partial charge >= 0.3 is 0 Å². The Balaban J connectivity index is 2.02. The highest BCUT2D eigenvalue weighted by Crippen LogP contribution is 2.27. The van der Waals surface area contributed by atoms with Gasteiger partial charge in [0.25, 0.3) is 0 Å². The van der Waals surface area contributed by atoms with Gasteiger partial charge in [0.05, 0.1) is 31.5 Å². The number of nitrogens with zero attached hydrogens (tertiary/aromatic N) is 2. The van der Waals surface area contributed by atoms with E-state index in [4.69, 9.17) is 9.47 Å². The third-order valence-corrected chi connectivity index (χ3v) is 4.09. The van der Waals surface area contributed by atoms with E-state index in [9.17, 15) is 4.79 Å². The van der Waals surface area contributed by atoms with Crippen LogP contribution in [0.4, 0.5) is 0 Å². The van der Waals surface area contributed by atoms with Gasteiger partial charge in [0, 0.05) is 18.5 Å². The van der Waals surface area contributed by atoms with Crippen LogP contribution in [0.25, 0.3) is 6.08 Å². The summed E-state index contributed by atoms with van der Waals surface area (Å²) < 4.78 is 10.4. The Hall–Kier alpha value is -2.34. The number of ether oxygens (including phenoxy) is 2. The minimum atomic E-state index is -0.0783. The summed E-state index contributed by atoms with van der Waals surface area (Å²) in [7, 11) is 4.93. The number of benzene rings is 1. The summed E-state index contributed by atoms with van der Waals surface area (Å²) in [5.74, 6) is 1.21. The lowest BCUT2D eigenvalue weighted by Gasteiger charge is -2.13. The Labute approximate surface area is 140 Å². The number of thiazole rings is 1. The highest BCUT2D eigenvalue weighted by Gasteiger charge is 2.08. The van der Waals surface area contributed by atoms with Gasteiger partial charge in [-0.2, -0.15) is 0 Å². The molecule has 122 valence electrons. The molecule has 2 rings (SSSR count). The standard InChI is InChI=1S/C17H20N2O3S/c1-12-18-14(11-23-12)10-19(2)17(20)8-6-13-5-7-15(21-3)16(9-13)22-4/h5-9,11H,10H2,1-4H3. The molecule has 6 heteroatoms. The SMILES string of the molecule is COc1ccc(C=CC(=O)N(C)Cc2csc(C)n2)cc1OC. The number of likely N-dealkylation sites (N-methyl/N-ethyl adjacent to an activating group) is 1. The zero-order chi connectivity index (χ0) is 16.8. The fourth-order valence-corrected chi connectivity index (χ4v) is 2.66. The van der Waals surface area contributed by atoms with E-state index in [1.165, 1.54) is 0 Å². The zero-order valence-electron chi connectivity index (χ0n) is 13.7. The lowest BCUT2D eigenvalue weighted by molar-refractivity contribution is -0.125. The van der Waals surface area contributed by atoms with Gasteiger partial charge in [-0.05, 0) is 30.7 Å². The maximum Gasteiger partial charge on any atom is 0.246 e. The predicted octanol–water partition coefficient (Wildman–Crippen LogP) is 3.14. The first-order valence-corrected chi connectivity index (χ1v) is 7.97. The quantitative estimate of drug-likeness (QED) is 0.763. The first-order valence-electron chi connectivity index (χ1n) is 7.09. The van der Waals surface area contributed by atoms with E-state index >= 15 is 0 Å². The van der Waals surface area contributed by atoms with Crippen LogP contribution in [0, 0.1) is 6.92 Å². The van der Waals surface area contributed by atoms with Crippen LogP contribution >= 0.6 is 11.3 Å². The number of methoxy groups -OCH3 is 2. The molecule has 0 unspecified atom stereocenters. The summed E-state index contributed by atoms with van der Waals surface area (Å²) in [4.78, 5) is 18.2. The maximum absolute atomic E-state index is 12.2. The number of hydrogen-bond donors (Lipinski definition) is 0. The Bertz CT molecular complexity index is 710. The average Bonchev–Trinajstić information content (AvgIpc) is 2.96. The van der Waals surface area contributed by atoms with Crippen LogP contribution in [0.3, 0.4) is 0 Å². The third-order valence-electron chi connectivity index (χ3n) is 3.27. The van der Waals surface area contributed by atoms with Gasteiger partial charge in [0.15, 0.2) is 11.5 Å². The molecule has 0 aliphatic carbocycles. The van der Waals surface area contributed by atoms with E-state index in [2.05, 4.69) is 4.98 Å². The van der Waals surface area contributed by atoms with E-state index in [0.717, 1.165) is 16.3 Å². The lowest BCUT2D eigenvalue weighted by Crippen LogP contribution is -2.24. The minimum absolute atomic E-state index is 0.0783. The lowest BCUT2D eigenvalue weighted by atomic mass is 10.2. The molecule has 5 nitrogen and oxygen atoms in total. The van der Waals surface area contributed by atoms with E-state index in [0.29, 0.717) is 18.0 Å². The van der Waals surface area contributed by atoms with E-state index < -0.39 is 0 Å². The largest absolute Gasteiger partial charge is 0.493 e. The van der Waals surface area contributed by atoms with Crippen LogP contribution in [-0.2, 0) is 11.3 Å². The summed E-state index contributed by atoms with van der Waals surface area (Å²) in [6.45, 7) is 2.45. The molecule has 0 bridgehead atoms. The van der Waals surface area contributed by atoms with Crippen molar-refractivity contribution < 1.29 is 14.3 Å². The Kier molecular flexibility index (Phi) is 5.76. The van der Waals surface area contributed by atoms with Crippen molar-refractivity contribution in [2.24, 2.45) is 0 Å². The van der Waals surface area contributed by atoms with Crippen LogP contribution < -0.4 is 9.47 Å². The average molecular weight is 332 g/mol. The molecule has 0 aliphatic heterocycles. The number of carbonyl (C=O) groups excluding carboxylic acids is 1. The number of aryl methyl sites for hydroxylation is 1. The summed E-state index contributed by atoms with van der Waals surface area (Å²) in [6, 6.07) is 5.51. The smallest absolute Gasteiger partial charge is 0.246 e. The minimum Gasteiger partial charge on any atom is -0.493 e. The summed E-state index contributed by atoms with van der Waals surface area (Å²) >= 11 is 1.58. The molecule has 0 N–H and O–H groups in total. The monoisotopic (exact) mass is 332 g/mol. The molecule has 0 radical (unpaired) electrons. The van der Waals surface area contributed by atoms with Crippen molar-refractivity contribution in [3.8, 4) is 11.5 Å². The number of aromatic nitrogens is 1. The molecule has 23 heavy (non-hydrogen) atoms. The van der Waals surface area contributed by atoms with Gasteiger partial charge in [0.1, 0.15) is 0 Å². The number of rotatable bonds is 6. The van der Waals surface area contributed by atoms with Crippen molar-refractivity contribution in [3.63, 3.8) is 0 Å². The molecular weight excluding hydrogens is 312 g/mol. The Morgan fingerprint density at radius 2 is 2.04 bits per heavy atom. The highest BCUT2D eigenvalue weighted by molar-refractivity contribution is 7.09. The van der Waals surface area contributed by atoms with E-state index in [1.807, 2.05) is 30.5 Å². The van der Waals surface area contributed by atoms with Crippen molar-refractivity contribution >= 4 is 23.3 Å². The van der Waals surface area contributed by atoms with Gasteiger partial charge in [0.2, 0.25) is 5.91 Å². The van der Waals surface area contributed by atoms with Crippen molar-refractivity contribution in [1.82, 2.24) is 9.88 Å². The molecule has 1 aromatic carbocycles. The predicted molar refractivity (Wildman–Crippen MR) is 91.9 cm³/mol. The molecule has 1 aromatic heterocycles. The number of hydrogen-bond acceptors (Lipinski definition) is 5. The molecular formula is C17H20N2O3S. The second kappa shape index (κ2) is 7.78. The molecule has 0 saturated heterocycles. The Morgan fingerprint density at radius 1 is 1.30 bits per heavy atom. The number of carbonyl (C=O) groups is 1. The molecule has 0 saturated carbocycles. The first-order chi connectivity index (χ1) is 11.0. The van der Waals surface area contributed by atoms with Crippen LogP contribution in [0.1, 0.15) is 16.3 Å². The van der Waals surface area contributed by atoms with Crippen molar-refractivity contribution in [1.29, 1.82) is 0 Å². The van der Waals surface area contributed by atoms with Gasteiger partial charge < -0.3 is 14.4 Å². The van der Waals surface area contributed by atoms with Crippen molar-refractivity contribution in [2.45, 2.75) is 13.5 Å². The van der Waals surface area contributed by atoms with Gasteiger partial charge in [-0.1, -0.05) is 6.07 Å². The van der Waals surface area contributed by atoms with Crippen LogP contribution in [0.15, 0.2) is 29.7 Å². The molecule has 0 aliphatic rings. The normalized spacial score (nSPS) is 10.8. The van der Waals surface area contributed by atoms with Gasteiger partial charge in [-0.15, -0.1) is 11.3 Å². The van der Waals surface area contributed by atoms with E-state index in [1.54, 1.807) is 49.7 Å². The fraction of sp³-hybridized carbons (Fsp3) is 0.294. The number of amides is 1. The Morgan fingerprint density at radius 3 is 2.65 bits per heavy atom. The topological polar surface area (TPSA) is 51.7 Å². The molecule has 0 fully saturated rings. The van der Waals surface area contributed by atoms with E-state index in [-0.39, 0.29) is 5.91 Å². The molecule has 1 amide bonds. The first kappa shape index (κ1) is 17.0. The fourth-order valence-electron chi connectivity index (χ4n) is 2.05.